The standard InChI is InChI=1S/C41H54N2O8/c1-41(2,3)51-40(45)43-22-19-35(31-15-17-34(18-16-31)49-25-9-24-48-29-33-10-6-7-12-37(33)46-4)38(27-43)50-28-30-13-14-32-11-8-21-42(36(32)26-30)23-20-39(44)47-5/h6-7,10,12-18,26,35,38H,8-9,11,19-25,27-29H2,1-5H3. The minimum absolute atomic E-state index is 0.0929. The van der Waals surface area contributed by atoms with Crippen molar-refractivity contribution in [2.45, 2.75) is 83.7 Å². The van der Waals surface area contributed by atoms with Crippen molar-refractivity contribution in [3.05, 3.63) is 89.0 Å². The van der Waals surface area contributed by atoms with Gasteiger partial charge >= 0.3 is 12.1 Å². The van der Waals surface area contributed by atoms with Crippen LogP contribution in [0.1, 0.15) is 74.6 Å². The molecule has 0 bridgehead atoms. The maximum Gasteiger partial charge on any atom is 0.410 e. The summed E-state index contributed by atoms with van der Waals surface area (Å²) < 4.78 is 34.5. The molecule has 276 valence electrons. The number of piperidine rings is 1. The number of methoxy groups -OCH3 is 2. The molecule has 10 nitrogen and oxygen atoms in total. The normalized spacial score (nSPS) is 17.4. The number of para-hydroxylation sites is 1. The summed E-state index contributed by atoms with van der Waals surface area (Å²) in [5.74, 6) is 1.52. The number of nitrogens with zero attached hydrogens (tertiary/aromatic N) is 2. The summed E-state index contributed by atoms with van der Waals surface area (Å²) in [6, 6.07) is 22.6. The maximum atomic E-state index is 13.1. The molecule has 10 heteroatoms. The number of likely N-dealkylation sites (tertiary alicyclic amines) is 1. The van der Waals surface area contributed by atoms with Crippen molar-refractivity contribution < 1.29 is 38.0 Å². The van der Waals surface area contributed by atoms with Gasteiger partial charge in [-0.1, -0.05) is 42.5 Å². The van der Waals surface area contributed by atoms with Crippen molar-refractivity contribution in [3.8, 4) is 11.5 Å². The minimum Gasteiger partial charge on any atom is -0.496 e. The predicted octanol–water partition coefficient (Wildman–Crippen LogP) is 7.31. The van der Waals surface area contributed by atoms with Crippen LogP contribution in [0.4, 0.5) is 10.5 Å². The number of amides is 1. The van der Waals surface area contributed by atoms with E-state index in [1.165, 1.54) is 12.7 Å². The first-order chi connectivity index (χ1) is 24.6. The number of ether oxygens (including phenoxy) is 6. The highest BCUT2D eigenvalue weighted by atomic mass is 16.6. The van der Waals surface area contributed by atoms with Crippen LogP contribution in [0.5, 0.6) is 11.5 Å². The predicted molar refractivity (Wildman–Crippen MR) is 197 cm³/mol. The van der Waals surface area contributed by atoms with Crippen LogP contribution >= 0.6 is 0 Å². The molecule has 0 N–H and O–H groups in total. The lowest BCUT2D eigenvalue weighted by Crippen LogP contribution is -2.48. The Morgan fingerprint density at radius 2 is 1.73 bits per heavy atom. The molecule has 1 fully saturated rings. The Bertz CT molecular complexity index is 1570. The molecule has 1 amide bonds. The molecule has 2 unspecified atom stereocenters. The Balaban J connectivity index is 1.19. The Kier molecular flexibility index (Phi) is 13.6. The van der Waals surface area contributed by atoms with Crippen molar-refractivity contribution in [2.24, 2.45) is 0 Å². The van der Waals surface area contributed by atoms with Gasteiger partial charge in [0.05, 0.1) is 59.7 Å². The van der Waals surface area contributed by atoms with Gasteiger partial charge in [-0.05, 0) is 81.0 Å². The van der Waals surface area contributed by atoms with Gasteiger partial charge in [-0.25, -0.2) is 4.79 Å². The van der Waals surface area contributed by atoms with Gasteiger partial charge in [-0.3, -0.25) is 4.79 Å². The second kappa shape index (κ2) is 18.3. The average molecular weight is 703 g/mol. The summed E-state index contributed by atoms with van der Waals surface area (Å²) >= 11 is 0. The van der Waals surface area contributed by atoms with Crippen LogP contribution in [0, 0.1) is 0 Å². The lowest BCUT2D eigenvalue weighted by Gasteiger charge is -2.39. The van der Waals surface area contributed by atoms with E-state index in [2.05, 4.69) is 35.2 Å². The Morgan fingerprint density at radius 3 is 2.49 bits per heavy atom. The average Bonchev–Trinajstić information content (AvgIpc) is 3.13. The van der Waals surface area contributed by atoms with Crippen molar-refractivity contribution in [1.29, 1.82) is 0 Å². The second-order valence-corrected chi connectivity index (χ2v) is 14.2. The first kappa shape index (κ1) is 38.0. The molecular weight excluding hydrogens is 648 g/mol. The van der Waals surface area contributed by atoms with Gasteiger partial charge in [0.2, 0.25) is 0 Å². The summed E-state index contributed by atoms with van der Waals surface area (Å²) in [6.45, 7) is 10.2. The van der Waals surface area contributed by atoms with Gasteiger partial charge in [-0.2, -0.15) is 0 Å². The highest BCUT2D eigenvalue weighted by Gasteiger charge is 2.35. The van der Waals surface area contributed by atoms with E-state index < -0.39 is 5.60 Å². The molecule has 2 aliphatic heterocycles. The van der Waals surface area contributed by atoms with Crippen LogP contribution in [-0.4, -0.2) is 82.3 Å². The van der Waals surface area contributed by atoms with Crippen molar-refractivity contribution in [2.75, 3.05) is 58.5 Å². The summed E-state index contributed by atoms with van der Waals surface area (Å²) in [5, 5.41) is 0. The molecule has 0 saturated carbocycles. The van der Waals surface area contributed by atoms with E-state index in [9.17, 15) is 9.59 Å². The highest BCUT2D eigenvalue weighted by Crippen LogP contribution is 2.34. The summed E-state index contributed by atoms with van der Waals surface area (Å²) in [5.41, 5.74) is 5.09. The molecule has 0 spiro atoms. The number of aryl methyl sites for hydroxylation is 1. The van der Waals surface area contributed by atoms with Crippen LogP contribution in [0.15, 0.2) is 66.7 Å². The SMILES string of the molecule is COC(=O)CCN1CCCc2ccc(COC3CN(C(=O)OC(C)(C)C)CCC3c3ccc(OCCCOCc4ccccc4OC)cc3)cc21. The quantitative estimate of drug-likeness (QED) is 0.119. The van der Waals surface area contributed by atoms with Gasteiger partial charge < -0.3 is 38.2 Å². The van der Waals surface area contributed by atoms with Gasteiger partial charge in [0.15, 0.2) is 0 Å². The van der Waals surface area contributed by atoms with Crippen molar-refractivity contribution in [3.63, 3.8) is 0 Å². The first-order valence-corrected chi connectivity index (χ1v) is 18.1. The Hall–Kier alpha value is -4.28. The molecule has 2 aliphatic rings. The van der Waals surface area contributed by atoms with E-state index in [4.69, 9.17) is 28.4 Å². The number of benzene rings is 3. The molecule has 0 radical (unpaired) electrons. The van der Waals surface area contributed by atoms with Crippen LogP contribution in [0.25, 0.3) is 0 Å². The number of fused-ring (bicyclic) bond motifs is 1. The van der Waals surface area contributed by atoms with E-state index in [1.54, 1.807) is 12.0 Å². The van der Waals surface area contributed by atoms with Gasteiger partial charge in [0, 0.05) is 43.2 Å². The fraction of sp³-hybridized carbons (Fsp3) is 0.512. The third-order valence-electron chi connectivity index (χ3n) is 9.31. The number of hydrogen-bond donors (Lipinski definition) is 0. The summed E-state index contributed by atoms with van der Waals surface area (Å²) in [6.07, 6.45) is 3.38. The Morgan fingerprint density at radius 1 is 0.922 bits per heavy atom. The number of carbonyl (C=O) groups is 2. The molecule has 3 aromatic carbocycles. The second-order valence-electron chi connectivity index (χ2n) is 14.2. The molecule has 0 aromatic heterocycles. The fourth-order valence-corrected chi connectivity index (χ4v) is 6.68. The van der Waals surface area contributed by atoms with Gasteiger partial charge in [0.1, 0.15) is 17.1 Å². The van der Waals surface area contributed by atoms with E-state index in [1.807, 2.05) is 57.2 Å². The topological polar surface area (TPSA) is 96.0 Å². The molecular formula is C41H54N2O8. The van der Waals surface area contributed by atoms with Gasteiger partial charge in [-0.15, -0.1) is 0 Å². The molecule has 2 heterocycles. The third-order valence-corrected chi connectivity index (χ3v) is 9.31. The molecule has 3 aromatic rings. The zero-order chi connectivity index (χ0) is 36.2. The largest absolute Gasteiger partial charge is 0.496 e. The number of anilines is 1. The monoisotopic (exact) mass is 702 g/mol. The maximum absolute atomic E-state index is 13.1. The zero-order valence-corrected chi connectivity index (χ0v) is 30.9. The molecule has 1 saturated heterocycles. The molecule has 5 rings (SSSR count). The van der Waals surface area contributed by atoms with Crippen LogP contribution in [0.3, 0.4) is 0 Å². The fourth-order valence-electron chi connectivity index (χ4n) is 6.68. The highest BCUT2D eigenvalue weighted by molar-refractivity contribution is 5.70. The number of hydrogen-bond acceptors (Lipinski definition) is 9. The number of carbonyl (C=O) groups excluding carboxylic acids is 2. The summed E-state index contributed by atoms with van der Waals surface area (Å²) in [4.78, 5) is 29.0. The van der Waals surface area contributed by atoms with E-state index in [0.29, 0.717) is 52.5 Å². The van der Waals surface area contributed by atoms with Crippen molar-refractivity contribution in [1.82, 2.24) is 4.90 Å². The van der Waals surface area contributed by atoms with Gasteiger partial charge in [0.25, 0.3) is 0 Å². The van der Waals surface area contributed by atoms with E-state index >= 15 is 0 Å². The lowest BCUT2D eigenvalue weighted by atomic mass is 9.87. The lowest BCUT2D eigenvalue weighted by molar-refractivity contribution is -0.140. The minimum atomic E-state index is -0.579. The van der Waals surface area contributed by atoms with Crippen molar-refractivity contribution >= 4 is 17.7 Å². The van der Waals surface area contributed by atoms with E-state index in [0.717, 1.165) is 66.1 Å². The van der Waals surface area contributed by atoms with Crippen LogP contribution < -0.4 is 14.4 Å². The third kappa shape index (κ3) is 11.1. The number of rotatable bonds is 15. The zero-order valence-electron chi connectivity index (χ0n) is 30.9. The van der Waals surface area contributed by atoms with Crippen LogP contribution in [0.2, 0.25) is 0 Å². The smallest absolute Gasteiger partial charge is 0.410 e. The molecule has 51 heavy (non-hydrogen) atoms. The summed E-state index contributed by atoms with van der Waals surface area (Å²) in [7, 11) is 3.09. The molecule has 0 aliphatic carbocycles. The Labute approximate surface area is 302 Å². The first-order valence-electron chi connectivity index (χ1n) is 18.1. The molecule has 2 atom stereocenters. The van der Waals surface area contributed by atoms with Crippen LogP contribution in [-0.2, 0) is 43.4 Å². The number of esters is 1. The van der Waals surface area contributed by atoms with E-state index in [-0.39, 0.29) is 24.1 Å².